The molecule has 0 aromatic carbocycles. The van der Waals surface area contributed by atoms with E-state index in [0.29, 0.717) is 19.8 Å². The lowest BCUT2D eigenvalue weighted by molar-refractivity contribution is -0.0851. The van der Waals surface area contributed by atoms with Crippen LogP contribution in [0.15, 0.2) is 0 Å². The minimum Gasteiger partial charge on any atom is -0.391 e. The highest BCUT2D eigenvalue weighted by Gasteiger charge is 2.10. The van der Waals surface area contributed by atoms with Gasteiger partial charge in [-0.05, 0) is 34.6 Å². The van der Waals surface area contributed by atoms with Crippen LogP contribution in [0.1, 0.15) is 34.6 Å². The molecule has 4 heteroatoms. The Balaban J connectivity index is 3.50. The van der Waals surface area contributed by atoms with Gasteiger partial charge in [0, 0.05) is 0 Å². The van der Waals surface area contributed by atoms with Gasteiger partial charge in [0.2, 0.25) is 0 Å². The monoisotopic (exact) mass is 234 g/mol. The number of hydrogen-bond acceptors (Lipinski definition) is 4. The minimum absolute atomic E-state index is 0.0181. The zero-order valence-corrected chi connectivity index (χ0v) is 11.1. The maximum absolute atomic E-state index is 9.01. The normalized spacial score (nSPS) is 17.4. The van der Waals surface area contributed by atoms with Crippen LogP contribution < -0.4 is 0 Å². The molecule has 0 unspecified atom stereocenters. The summed E-state index contributed by atoms with van der Waals surface area (Å²) in [6, 6.07) is 0. The van der Waals surface area contributed by atoms with Gasteiger partial charge in [0.1, 0.15) is 0 Å². The lowest BCUT2D eigenvalue weighted by atomic mass is 10.3. The van der Waals surface area contributed by atoms with E-state index >= 15 is 0 Å². The van der Waals surface area contributed by atoms with Crippen molar-refractivity contribution >= 4 is 0 Å². The predicted octanol–water partition coefficient (Wildman–Crippen LogP) is 1.60. The maximum atomic E-state index is 9.01. The molecular formula is C12H26O4. The molecule has 0 bridgehead atoms. The van der Waals surface area contributed by atoms with E-state index in [1.165, 1.54) is 0 Å². The van der Waals surface area contributed by atoms with Crippen LogP contribution in [0.3, 0.4) is 0 Å². The molecule has 0 spiro atoms. The molecule has 0 aliphatic heterocycles. The van der Waals surface area contributed by atoms with E-state index in [1.54, 1.807) is 6.92 Å². The van der Waals surface area contributed by atoms with Crippen molar-refractivity contribution in [2.24, 2.45) is 0 Å². The van der Waals surface area contributed by atoms with Crippen LogP contribution in [0.2, 0.25) is 0 Å². The third-order valence-corrected chi connectivity index (χ3v) is 1.84. The first kappa shape index (κ1) is 15.8. The van der Waals surface area contributed by atoms with Gasteiger partial charge in [-0.15, -0.1) is 0 Å². The molecular weight excluding hydrogens is 208 g/mol. The molecule has 0 aromatic rings. The molecule has 0 aliphatic rings. The van der Waals surface area contributed by atoms with Crippen LogP contribution in [0.25, 0.3) is 0 Å². The molecule has 0 rings (SSSR count). The summed E-state index contributed by atoms with van der Waals surface area (Å²) in [5, 5.41) is 9.01. The number of aliphatic hydroxyl groups excluding tert-OH is 1. The molecule has 4 nitrogen and oxygen atoms in total. The quantitative estimate of drug-likeness (QED) is 0.658. The van der Waals surface area contributed by atoms with E-state index in [2.05, 4.69) is 0 Å². The van der Waals surface area contributed by atoms with Crippen LogP contribution in [-0.2, 0) is 14.2 Å². The van der Waals surface area contributed by atoms with Gasteiger partial charge in [-0.25, -0.2) is 0 Å². The third-order valence-electron chi connectivity index (χ3n) is 1.84. The summed E-state index contributed by atoms with van der Waals surface area (Å²) in [7, 11) is 0. The minimum atomic E-state index is -0.422. The molecule has 0 aliphatic carbocycles. The molecule has 3 atom stereocenters. The van der Waals surface area contributed by atoms with Crippen molar-refractivity contribution in [2.75, 3.05) is 19.8 Å². The highest BCUT2D eigenvalue weighted by atomic mass is 16.6. The van der Waals surface area contributed by atoms with Gasteiger partial charge in [0.05, 0.1) is 44.2 Å². The molecule has 0 saturated heterocycles. The Bertz CT molecular complexity index is 159. The lowest BCUT2D eigenvalue weighted by Gasteiger charge is -2.20. The molecule has 16 heavy (non-hydrogen) atoms. The Labute approximate surface area is 98.9 Å². The molecule has 0 radical (unpaired) electrons. The number of rotatable bonds is 9. The Kier molecular flexibility index (Phi) is 8.84. The summed E-state index contributed by atoms with van der Waals surface area (Å²) in [5.74, 6) is 0. The standard InChI is InChI=1S/C12H26O4/c1-9(2)15-8-12(5)16-11(4)7-14-6-10(3)13/h9-13H,6-8H2,1-5H3/t10-,11-,12-/m1/s1. The molecule has 0 fully saturated rings. The van der Waals surface area contributed by atoms with Crippen molar-refractivity contribution in [1.82, 2.24) is 0 Å². The SMILES string of the molecule is CC(C)OC[C@@H](C)O[C@H](C)COC[C@@H](C)O. The zero-order chi connectivity index (χ0) is 12.6. The number of hydrogen-bond donors (Lipinski definition) is 1. The smallest absolute Gasteiger partial charge is 0.0785 e. The second-order valence-corrected chi connectivity index (χ2v) is 4.53. The number of ether oxygens (including phenoxy) is 3. The second-order valence-electron chi connectivity index (χ2n) is 4.53. The zero-order valence-electron chi connectivity index (χ0n) is 11.1. The van der Waals surface area contributed by atoms with Crippen LogP contribution in [0.4, 0.5) is 0 Å². The van der Waals surface area contributed by atoms with Gasteiger partial charge < -0.3 is 19.3 Å². The highest BCUT2D eigenvalue weighted by Crippen LogP contribution is 2.01. The van der Waals surface area contributed by atoms with Gasteiger partial charge in [0.25, 0.3) is 0 Å². The van der Waals surface area contributed by atoms with E-state index in [9.17, 15) is 0 Å². The van der Waals surface area contributed by atoms with E-state index in [0.717, 1.165) is 0 Å². The maximum Gasteiger partial charge on any atom is 0.0785 e. The van der Waals surface area contributed by atoms with Crippen molar-refractivity contribution in [3.63, 3.8) is 0 Å². The second kappa shape index (κ2) is 8.93. The highest BCUT2D eigenvalue weighted by molar-refractivity contribution is 4.55. The average Bonchev–Trinajstić information content (AvgIpc) is 2.14. The van der Waals surface area contributed by atoms with Crippen LogP contribution in [-0.4, -0.2) is 49.3 Å². The fraction of sp³-hybridized carbons (Fsp3) is 1.00. The summed E-state index contributed by atoms with van der Waals surface area (Å²) in [6.07, 6.45) is -0.112. The molecule has 0 heterocycles. The van der Waals surface area contributed by atoms with Gasteiger partial charge in [-0.3, -0.25) is 0 Å². The fourth-order valence-electron chi connectivity index (χ4n) is 1.21. The van der Waals surface area contributed by atoms with Crippen molar-refractivity contribution in [2.45, 2.75) is 59.0 Å². The molecule has 0 aromatic heterocycles. The van der Waals surface area contributed by atoms with Crippen molar-refractivity contribution in [1.29, 1.82) is 0 Å². The first-order valence-corrected chi connectivity index (χ1v) is 5.94. The van der Waals surface area contributed by atoms with E-state index in [1.807, 2.05) is 27.7 Å². The van der Waals surface area contributed by atoms with Crippen LogP contribution >= 0.6 is 0 Å². The average molecular weight is 234 g/mol. The van der Waals surface area contributed by atoms with Gasteiger partial charge in [0.15, 0.2) is 0 Å². The predicted molar refractivity (Wildman–Crippen MR) is 63.6 cm³/mol. The molecule has 1 N–H and O–H groups in total. The third kappa shape index (κ3) is 10.4. The Morgan fingerprint density at radius 1 is 0.875 bits per heavy atom. The Hall–Kier alpha value is -0.160. The van der Waals surface area contributed by atoms with Crippen LogP contribution in [0, 0.1) is 0 Å². The summed E-state index contributed by atoms with van der Waals surface area (Å²) in [4.78, 5) is 0. The topological polar surface area (TPSA) is 47.9 Å². The van der Waals surface area contributed by atoms with E-state index in [-0.39, 0.29) is 18.3 Å². The largest absolute Gasteiger partial charge is 0.391 e. The summed E-state index contributed by atoms with van der Waals surface area (Å²) in [6.45, 7) is 11.1. The van der Waals surface area contributed by atoms with E-state index in [4.69, 9.17) is 19.3 Å². The molecule has 0 amide bonds. The van der Waals surface area contributed by atoms with Crippen molar-refractivity contribution < 1.29 is 19.3 Å². The van der Waals surface area contributed by atoms with Crippen LogP contribution in [0.5, 0.6) is 0 Å². The summed E-state index contributed by atoms with van der Waals surface area (Å²) >= 11 is 0. The van der Waals surface area contributed by atoms with E-state index < -0.39 is 6.10 Å². The summed E-state index contributed by atoms with van der Waals surface area (Å²) < 4.78 is 16.4. The summed E-state index contributed by atoms with van der Waals surface area (Å²) in [5.41, 5.74) is 0. The van der Waals surface area contributed by atoms with Crippen molar-refractivity contribution in [3.8, 4) is 0 Å². The van der Waals surface area contributed by atoms with Gasteiger partial charge in [-0.1, -0.05) is 0 Å². The fourth-order valence-corrected chi connectivity index (χ4v) is 1.21. The van der Waals surface area contributed by atoms with Gasteiger partial charge >= 0.3 is 0 Å². The number of aliphatic hydroxyl groups is 1. The van der Waals surface area contributed by atoms with Gasteiger partial charge in [-0.2, -0.15) is 0 Å². The van der Waals surface area contributed by atoms with Crippen molar-refractivity contribution in [3.05, 3.63) is 0 Å². The lowest BCUT2D eigenvalue weighted by Crippen LogP contribution is -2.27. The first-order valence-electron chi connectivity index (χ1n) is 5.94. The Morgan fingerprint density at radius 3 is 1.94 bits per heavy atom. The molecule has 0 saturated carbocycles. The first-order chi connectivity index (χ1) is 7.41. The molecule has 98 valence electrons. The Morgan fingerprint density at radius 2 is 1.44 bits per heavy atom.